The van der Waals surface area contributed by atoms with E-state index < -0.39 is 6.23 Å². The average Bonchev–Trinajstić information content (AvgIpc) is 2.42. The lowest BCUT2D eigenvalue weighted by Crippen LogP contribution is -2.51. The predicted octanol–water partition coefficient (Wildman–Crippen LogP) is -0.925. The summed E-state index contributed by atoms with van der Waals surface area (Å²) in [5.41, 5.74) is 0. The average molecular weight is 170 g/mol. The van der Waals surface area contributed by atoms with Crippen molar-refractivity contribution in [2.24, 2.45) is 0 Å². The van der Waals surface area contributed by atoms with E-state index in [0.29, 0.717) is 13.0 Å². The van der Waals surface area contributed by atoms with Gasteiger partial charge in [0.25, 0.3) is 0 Å². The number of carbonyl (C=O) groups excluding carboxylic acids is 2. The van der Waals surface area contributed by atoms with Crippen molar-refractivity contribution in [1.82, 2.24) is 10.0 Å². The maximum atomic E-state index is 11.2. The highest BCUT2D eigenvalue weighted by Gasteiger charge is 2.40. The van der Waals surface area contributed by atoms with Gasteiger partial charge in [-0.1, -0.05) is 0 Å². The molecule has 2 amide bonds. The second-order valence-electron chi connectivity index (χ2n) is 3.02. The third-order valence-electron chi connectivity index (χ3n) is 2.24. The molecule has 0 saturated carbocycles. The molecule has 1 unspecified atom stereocenters. The molecule has 0 bridgehead atoms. The van der Waals surface area contributed by atoms with Gasteiger partial charge in [0.15, 0.2) is 6.23 Å². The number of aliphatic hydroxyl groups is 1. The van der Waals surface area contributed by atoms with E-state index in [1.807, 2.05) is 0 Å². The van der Waals surface area contributed by atoms with E-state index in [0.717, 1.165) is 0 Å². The van der Waals surface area contributed by atoms with Crippen LogP contribution in [0.3, 0.4) is 0 Å². The summed E-state index contributed by atoms with van der Waals surface area (Å²) in [4.78, 5) is 22.4. The molecule has 1 N–H and O–H groups in total. The van der Waals surface area contributed by atoms with Crippen LogP contribution in [0.5, 0.6) is 0 Å². The Labute approximate surface area is 69.5 Å². The standard InChI is InChI=1S/C7H10N2O3/c10-5-1-2-6(11)9-7(12)3-4-8(5)9/h7,12H,1-4H2. The van der Waals surface area contributed by atoms with Gasteiger partial charge >= 0.3 is 0 Å². The fourth-order valence-corrected chi connectivity index (χ4v) is 1.63. The zero-order valence-corrected chi connectivity index (χ0v) is 6.56. The Morgan fingerprint density at radius 2 is 1.92 bits per heavy atom. The van der Waals surface area contributed by atoms with Crippen LogP contribution in [-0.2, 0) is 9.59 Å². The van der Waals surface area contributed by atoms with Crippen LogP contribution in [0.15, 0.2) is 0 Å². The van der Waals surface area contributed by atoms with Gasteiger partial charge in [-0.15, -0.1) is 0 Å². The number of hydrazine groups is 1. The van der Waals surface area contributed by atoms with Crippen LogP contribution in [0.4, 0.5) is 0 Å². The van der Waals surface area contributed by atoms with Crippen LogP contribution >= 0.6 is 0 Å². The van der Waals surface area contributed by atoms with Crippen molar-refractivity contribution in [1.29, 1.82) is 0 Å². The molecule has 2 saturated heterocycles. The molecule has 66 valence electrons. The SMILES string of the molecule is O=C1CCC(=O)N2C(O)CCN12. The van der Waals surface area contributed by atoms with Crippen molar-refractivity contribution in [3.63, 3.8) is 0 Å². The van der Waals surface area contributed by atoms with Crippen LogP contribution < -0.4 is 0 Å². The van der Waals surface area contributed by atoms with Crippen molar-refractivity contribution in [3.05, 3.63) is 0 Å². The minimum Gasteiger partial charge on any atom is -0.372 e. The molecule has 2 aliphatic heterocycles. The van der Waals surface area contributed by atoms with Crippen molar-refractivity contribution in [2.75, 3.05) is 6.54 Å². The molecule has 0 aromatic heterocycles. The third-order valence-corrected chi connectivity index (χ3v) is 2.24. The Kier molecular flexibility index (Phi) is 1.54. The van der Waals surface area contributed by atoms with Gasteiger partial charge in [0.05, 0.1) is 0 Å². The monoisotopic (exact) mass is 170 g/mol. The molecule has 1 atom stereocenters. The maximum absolute atomic E-state index is 11.2. The Hall–Kier alpha value is -1.10. The minimum absolute atomic E-state index is 0.0637. The lowest BCUT2D eigenvalue weighted by molar-refractivity contribution is -0.177. The Bertz CT molecular complexity index is 241. The number of hydrogen-bond acceptors (Lipinski definition) is 3. The molecule has 5 heteroatoms. The maximum Gasteiger partial charge on any atom is 0.244 e. The summed E-state index contributed by atoms with van der Waals surface area (Å²) in [5, 5.41) is 11.8. The zero-order valence-electron chi connectivity index (χ0n) is 6.56. The molecule has 0 aromatic rings. The van der Waals surface area contributed by atoms with E-state index >= 15 is 0 Å². The molecule has 0 aromatic carbocycles. The molecule has 2 rings (SSSR count). The number of amides is 2. The third kappa shape index (κ3) is 0.896. The van der Waals surface area contributed by atoms with Crippen molar-refractivity contribution >= 4 is 11.8 Å². The van der Waals surface area contributed by atoms with Gasteiger partial charge < -0.3 is 5.11 Å². The summed E-state index contributed by atoms with van der Waals surface area (Å²) in [7, 11) is 0. The molecule has 5 nitrogen and oxygen atoms in total. The Morgan fingerprint density at radius 3 is 2.58 bits per heavy atom. The first-order valence-corrected chi connectivity index (χ1v) is 4.00. The molecule has 2 heterocycles. The van der Waals surface area contributed by atoms with Crippen LogP contribution in [0, 0.1) is 0 Å². The highest BCUT2D eigenvalue weighted by molar-refractivity contribution is 5.89. The lowest BCUT2D eigenvalue weighted by Gasteiger charge is -2.33. The molecule has 0 aliphatic carbocycles. The second kappa shape index (κ2) is 2.45. The lowest BCUT2D eigenvalue weighted by atomic mass is 10.2. The van der Waals surface area contributed by atoms with Crippen molar-refractivity contribution in [3.8, 4) is 0 Å². The highest BCUT2D eigenvalue weighted by atomic mass is 16.3. The molecule has 2 aliphatic rings. The molecular weight excluding hydrogens is 160 g/mol. The van der Waals surface area contributed by atoms with Gasteiger partial charge in [0, 0.05) is 25.8 Å². The summed E-state index contributed by atoms with van der Waals surface area (Å²) in [6, 6.07) is 0. The Balaban J connectivity index is 2.24. The van der Waals surface area contributed by atoms with E-state index in [1.54, 1.807) is 0 Å². The van der Waals surface area contributed by atoms with Crippen molar-refractivity contribution < 1.29 is 14.7 Å². The number of fused-ring (bicyclic) bond motifs is 1. The second-order valence-corrected chi connectivity index (χ2v) is 3.02. The fourth-order valence-electron chi connectivity index (χ4n) is 1.63. The summed E-state index contributed by atoms with van der Waals surface area (Å²) in [5.74, 6) is -0.217. The Morgan fingerprint density at radius 1 is 1.25 bits per heavy atom. The van der Waals surface area contributed by atoms with E-state index in [2.05, 4.69) is 0 Å². The van der Waals surface area contributed by atoms with E-state index in [1.165, 1.54) is 10.0 Å². The quantitative estimate of drug-likeness (QED) is 0.511. The van der Waals surface area contributed by atoms with Gasteiger partial charge in [0.2, 0.25) is 11.8 Å². The minimum atomic E-state index is -0.790. The molecular formula is C7H10N2O3. The first kappa shape index (κ1) is 7.54. The normalized spacial score (nSPS) is 29.6. The fraction of sp³-hybridized carbons (Fsp3) is 0.714. The first-order valence-electron chi connectivity index (χ1n) is 4.00. The largest absolute Gasteiger partial charge is 0.372 e. The summed E-state index contributed by atoms with van der Waals surface area (Å²) < 4.78 is 0. The summed E-state index contributed by atoms with van der Waals surface area (Å²) in [6.07, 6.45) is 0.188. The van der Waals surface area contributed by atoms with Crippen LogP contribution in [0.25, 0.3) is 0 Å². The number of rotatable bonds is 0. The van der Waals surface area contributed by atoms with Gasteiger partial charge in [-0.25, -0.2) is 10.0 Å². The number of nitrogens with zero attached hydrogens (tertiary/aromatic N) is 2. The number of aliphatic hydroxyl groups excluding tert-OH is 1. The predicted molar refractivity (Wildman–Crippen MR) is 38.4 cm³/mol. The molecule has 0 radical (unpaired) electrons. The van der Waals surface area contributed by atoms with Gasteiger partial charge in [-0.2, -0.15) is 0 Å². The van der Waals surface area contributed by atoms with E-state index in [-0.39, 0.29) is 24.7 Å². The smallest absolute Gasteiger partial charge is 0.244 e. The van der Waals surface area contributed by atoms with Crippen molar-refractivity contribution in [2.45, 2.75) is 25.5 Å². The molecule has 12 heavy (non-hydrogen) atoms. The van der Waals surface area contributed by atoms with Crippen LogP contribution in [0.1, 0.15) is 19.3 Å². The topological polar surface area (TPSA) is 60.9 Å². The zero-order chi connectivity index (χ0) is 8.72. The summed E-state index contributed by atoms with van der Waals surface area (Å²) >= 11 is 0. The van der Waals surface area contributed by atoms with Gasteiger partial charge in [0.1, 0.15) is 0 Å². The van der Waals surface area contributed by atoms with Gasteiger partial charge in [-0.05, 0) is 0 Å². The molecule has 2 fully saturated rings. The molecule has 0 spiro atoms. The summed E-state index contributed by atoms with van der Waals surface area (Å²) in [6.45, 7) is 0.464. The van der Waals surface area contributed by atoms with Crippen LogP contribution in [0.2, 0.25) is 0 Å². The first-order chi connectivity index (χ1) is 5.70. The van der Waals surface area contributed by atoms with E-state index in [9.17, 15) is 14.7 Å². The van der Waals surface area contributed by atoms with Gasteiger partial charge in [-0.3, -0.25) is 9.59 Å². The number of carbonyl (C=O) groups is 2. The van der Waals surface area contributed by atoms with E-state index in [4.69, 9.17) is 0 Å². The van der Waals surface area contributed by atoms with Crippen LogP contribution in [-0.4, -0.2) is 39.7 Å². The highest BCUT2D eigenvalue weighted by Crippen LogP contribution is 2.23. The number of hydrogen-bond donors (Lipinski definition) is 1.